The first-order valence-corrected chi connectivity index (χ1v) is 7.32. The number of hydrogen-bond donors (Lipinski definition) is 1. The Balaban J connectivity index is 2.51. The second kappa shape index (κ2) is 6.60. The quantitative estimate of drug-likeness (QED) is 0.859. The smallest absolute Gasteiger partial charge is 0.405 e. The molecular formula is C18H20N2O3. The standard InChI is InChI=1S/C18H20N2O3/c1-12-8-7-11-14(20-12)15(18(2,3)23-17(19)22)16(21)13-9-5-4-6-10-13/h4-11,15H,1-3H3,(H2,19,22). The van der Waals surface area contributed by atoms with Crippen LogP contribution in [0.3, 0.4) is 0 Å². The van der Waals surface area contributed by atoms with Crippen LogP contribution in [0, 0.1) is 6.92 Å². The first-order chi connectivity index (χ1) is 10.8. The lowest BCUT2D eigenvalue weighted by atomic mass is 9.81. The molecule has 23 heavy (non-hydrogen) atoms. The molecule has 0 radical (unpaired) electrons. The molecule has 1 atom stereocenters. The molecule has 120 valence electrons. The van der Waals surface area contributed by atoms with Crippen molar-refractivity contribution < 1.29 is 14.3 Å². The van der Waals surface area contributed by atoms with E-state index in [-0.39, 0.29) is 5.78 Å². The number of nitrogens with two attached hydrogens (primary N) is 1. The fourth-order valence-corrected chi connectivity index (χ4v) is 2.62. The number of ether oxygens (including phenoxy) is 1. The van der Waals surface area contributed by atoms with Gasteiger partial charge in [0.1, 0.15) is 11.5 Å². The first kappa shape index (κ1) is 16.7. The van der Waals surface area contributed by atoms with Crippen LogP contribution in [-0.2, 0) is 4.74 Å². The molecule has 1 heterocycles. The number of carbonyl (C=O) groups is 2. The van der Waals surface area contributed by atoms with E-state index in [4.69, 9.17) is 10.5 Å². The van der Waals surface area contributed by atoms with Crippen molar-refractivity contribution in [1.29, 1.82) is 0 Å². The zero-order valence-corrected chi connectivity index (χ0v) is 13.4. The third-order valence-electron chi connectivity index (χ3n) is 3.58. The molecule has 0 saturated heterocycles. The first-order valence-electron chi connectivity index (χ1n) is 7.32. The maximum Gasteiger partial charge on any atom is 0.405 e. The second-order valence-corrected chi connectivity index (χ2v) is 5.89. The van der Waals surface area contributed by atoms with Crippen LogP contribution in [0.15, 0.2) is 48.5 Å². The largest absolute Gasteiger partial charge is 0.442 e. The van der Waals surface area contributed by atoms with Gasteiger partial charge in [-0.25, -0.2) is 4.79 Å². The summed E-state index contributed by atoms with van der Waals surface area (Å²) in [5.41, 5.74) is 5.90. The number of primary amides is 1. The Morgan fingerprint density at radius 3 is 2.30 bits per heavy atom. The predicted octanol–water partition coefficient (Wildman–Crippen LogP) is 3.23. The Hall–Kier alpha value is -2.69. The summed E-state index contributed by atoms with van der Waals surface area (Å²) in [5, 5.41) is 0. The number of amides is 1. The SMILES string of the molecule is Cc1cccc(C(C(=O)c2ccccc2)C(C)(C)OC(N)=O)n1. The highest BCUT2D eigenvalue weighted by Gasteiger charge is 2.40. The minimum atomic E-state index is -1.13. The third-order valence-corrected chi connectivity index (χ3v) is 3.58. The zero-order valence-electron chi connectivity index (χ0n) is 13.4. The number of nitrogens with zero attached hydrogens (tertiary/aromatic N) is 1. The summed E-state index contributed by atoms with van der Waals surface area (Å²) >= 11 is 0. The van der Waals surface area contributed by atoms with Gasteiger partial charge in [0, 0.05) is 11.3 Å². The molecule has 0 bridgehead atoms. The molecule has 0 fully saturated rings. The lowest BCUT2D eigenvalue weighted by Crippen LogP contribution is -2.41. The lowest BCUT2D eigenvalue weighted by molar-refractivity contribution is 0.0235. The van der Waals surface area contributed by atoms with Crippen LogP contribution in [0.2, 0.25) is 0 Å². The Labute approximate surface area is 135 Å². The third kappa shape index (κ3) is 3.94. The molecule has 1 aromatic carbocycles. The molecule has 2 rings (SSSR count). The van der Waals surface area contributed by atoms with Crippen LogP contribution < -0.4 is 5.73 Å². The molecule has 0 aliphatic carbocycles. The van der Waals surface area contributed by atoms with Crippen molar-refractivity contribution in [1.82, 2.24) is 4.98 Å². The number of aryl methyl sites for hydroxylation is 1. The molecule has 0 aliphatic heterocycles. The summed E-state index contributed by atoms with van der Waals surface area (Å²) in [7, 11) is 0. The summed E-state index contributed by atoms with van der Waals surface area (Å²) in [4.78, 5) is 28.7. The van der Waals surface area contributed by atoms with Crippen LogP contribution in [0.25, 0.3) is 0 Å². The maximum absolute atomic E-state index is 13.0. The van der Waals surface area contributed by atoms with Gasteiger partial charge in [0.2, 0.25) is 0 Å². The van der Waals surface area contributed by atoms with E-state index in [1.807, 2.05) is 25.1 Å². The second-order valence-electron chi connectivity index (χ2n) is 5.89. The molecule has 1 amide bonds. The van der Waals surface area contributed by atoms with Crippen LogP contribution >= 0.6 is 0 Å². The van der Waals surface area contributed by atoms with Gasteiger partial charge in [0.05, 0.1) is 5.69 Å². The van der Waals surface area contributed by atoms with Crippen molar-refractivity contribution in [2.75, 3.05) is 0 Å². The number of aromatic nitrogens is 1. The van der Waals surface area contributed by atoms with Crippen molar-refractivity contribution in [3.63, 3.8) is 0 Å². The number of carbonyl (C=O) groups excluding carboxylic acids is 2. The van der Waals surface area contributed by atoms with Gasteiger partial charge in [-0.1, -0.05) is 36.4 Å². The van der Waals surface area contributed by atoms with E-state index in [9.17, 15) is 9.59 Å². The van der Waals surface area contributed by atoms with Crippen molar-refractivity contribution in [3.05, 3.63) is 65.5 Å². The van der Waals surface area contributed by atoms with Crippen molar-refractivity contribution >= 4 is 11.9 Å². The summed E-state index contributed by atoms with van der Waals surface area (Å²) in [5.74, 6) is -0.924. The van der Waals surface area contributed by atoms with E-state index in [1.165, 1.54) is 0 Å². The predicted molar refractivity (Wildman–Crippen MR) is 87.2 cm³/mol. The fourth-order valence-electron chi connectivity index (χ4n) is 2.62. The maximum atomic E-state index is 13.0. The molecule has 0 aliphatic rings. The number of hydrogen-bond acceptors (Lipinski definition) is 4. The Morgan fingerprint density at radius 2 is 1.74 bits per heavy atom. The van der Waals surface area contributed by atoms with E-state index in [1.54, 1.807) is 44.2 Å². The van der Waals surface area contributed by atoms with Crippen LogP contribution in [0.4, 0.5) is 4.79 Å². The lowest BCUT2D eigenvalue weighted by Gasteiger charge is -2.32. The summed E-state index contributed by atoms with van der Waals surface area (Å²) in [6.07, 6.45) is -0.923. The number of rotatable bonds is 5. The Bertz CT molecular complexity index is 711. The highest BCUT2D eigenvalue weighted by Crippen LogP contribution is 2.33. The van der Waals surface area contributed by atoms with Gasteiger partial charge in [-0.3, -0.25) is 9.78 Å². The van der Waals surface area contributed by atoms with E-state index < -0.39 is 17.6 Å². The summed E-state index contributed by atoms with van der Waals surface area (Å²) in [6.45, 7) is 5.16. The average Bonchev–Trinajstić information content (AvgIpc) is 2.46. The topological polar surface area (TPSA) is 82.3 Å². The van der Waals surface area contributed by atoms with Gasteiger partial charge in [-0.15, -0.1) is 0 Å². The van der Waals surface area contributed by atoms with E-state index in [0.29, 0.717) is 11.3 Å². The van der Waals surface area contributed by atoms with E-state index in [2.05, 4.69) is 4.98 Å². The normalized spacial score (nSPS) is 12.5. The van der Waals surface area contributed by atoms with Crippen molar-refractivity contribution in [3.8, 4) is 0 Å². The van der Waals surface area contributed by atoms with Crippen LogP contribution in [0.5, 0.6) is 0 Å². The molecule has 0 spiro atoms. The molecule has 2 aromatic rings. The highest BCUT2D eigenvalue weighted by molar-refractivity contribution is 6.01. The summed E-state index contributed by atoms with van der Waals surface area (Å²) < 4.78 is 5.21. The monoisotopic (exact) mass is 312 g/mol. The van der Waals surface area contributed by atoms with Gasteiger partial charge >= 0.3 is 6.09 Å². The van der Waals surface area contributed by atoms with Gasteiger partial charge < -0.3 is 10.5 Å². The molecule has 0 saturated carbocycles. The molecule has 5 heteroatoms. The van der Waals surface area contributed by atoms with Crippen LogP contribution in [-0.4, -0.2) is 22.5 Å². The summed E-state index contributed by atoms with van der Waals surface area (Å²) in [6, 6.07) is 14.3. The molecule has 1 unspecified atom stereocenters. The van der Waals surface area contributed by atoms with Gasteiger partial charge in [-0.05, 0) is 32.9 Å². The fraction of sp³-hybridized carbons (Fsp3) is 0.278. The van der Waals surface area contributed by atoms with Gasteiger partial charge in [0.15, 0.2) is 5.78 Å². The van der Waals surface area contributed by atoms with E-state index in [0.717, 1.165) is 5.69 Å². The van der Waals surface area contributed by atoms with E-state index >= 15 is 0 Å². The van der Waals surface area contributed by atoms with Gasteiger partial charge in [0.25, 0.3) is 0 Å². The number of ketones is 1. The van der Waals surface area contributed by atoms with Crippen molar-refractivity contribution in [2.24, 2.45) is 5.73 Å². The zero-order chi connectivity index (χ0) is 17.0. The number of benzene rings is 1. The Morgan fingerprint density at radius 1 is 1.09 bits per heavy atom. The molecule has 2 N–H and O–H groups in total. The number of pyridine rings is 1. The molecule has 5 nitrogen and oxygen atoms in total. The minimum Gasteiger partial charge on any atom is -0.442 e. The highest BCUT2D eigenvalue weighted by atomic mass is 16.6. The number of Topliss-reactive ketones (excluding diaryl/α,β-unsaturated/α-hetero) is 1. The average molecular weight is 312 g/mol. The van der Waals surface area contributed by atoms with Gasteiger partial charge in [-0.2, -0.15) is 0 Å². The molecular weight excluding hydrogens is 292 g/mol. The van der Waals surface area contributed by atoms with Crippen molar-refractivity contribution in [2.45, 2.75) is 32.3 Å². The Kier molecular flexibility index (Phi) is 4.79. The minimum absolute atomic E-state index is 0.171. The molecule has 1 aromatic heterocycles. The van der Waals surface area contributed by atoms with Crippen LogP contribution in [0.1, 0.15) is 41.5 Å².